The largest absolute Gasteiger partial charge is 0.491 e. The number of hydrogen-bond donors (Lipinski definition) is 4. The van der Waals surface area contributed by atoms with Crippen molar-refractivity contribution in [2.24, 2.45) is 17.6 Å². The van der Waals surface area contributed by atoms with Gasteiger partial charge in [-0.25, -0.2) is 17.3 Å². The first-order valence-electron chi connectivity index (χ1n) is 17.4. The average molecular weight is 728 g/mol. The summed E-state index contributed by atoms with van der Waals surface area (Å²) >= 11 is 4.42. The van der Waals surface area contributed by atoms with Gasteiger partial charge in [0.25, 0.3) is 5.97 Å². The van der Waals surface area contributed by atoms with Crippen molar-refractivity contribution in [3.05, 3.63) is 71.3 Å². The number of carboxylic acid groups (broad SMARTS) is 1. The Kier molecular flexibility index (Phi) is 22.2. The fourth-order valence-electron chi connectivity index (χ4n) is 5.47. The molecule has 9 nitrogen and oxygen atoms in total. The van der Waals surface area contributed by atoms with Gasteiger partial charge in [0, 0.05) is 37.2 Å². The molecular formula is C38H58BN3O6S2. The van der Waals surface area contributed by atoms with E-state index in [1.165, 1.54) is 23.1 Å². The highest BCUT2D eigenvalue weighted by Crippen LogP contribution is 2.35. The number of carbonyl (C=O) groups is 3. The molecule has 0 aromatic heterocycles. The number of primary amides is 1. The number of amides is 2. The fourth-order valence-corrected chi connectivity index (χ4v) is 6.05. The predicted molar refractivity (Wildman–Crippen MR) is 212 cm³/mol. The number of hydrogen-bond acceptors (Lipinski definition) is 8. The second-order valence-electron chi connectivity index (χ2n) is 13.4. The highest BCUT2D eigenvalue weighted by molar-refractivity contribution is 8.03. The van der Waals surface area contributed by atoms with Crippen LogP contribution in [0.3, 0.4) is 0 Å². The molecule has 0 saturated carbocycles. The third-order valence-corrected chi connectivity index (χ3v) is 8.69. The van der Waals surface area contributed by atoms with Crippen LogP contribution in [0.5, 0.6) is 5.75 Å². The lowest BCUT2D eigenvalue weighted by Gasteiger charge is -2.28. The van der Waals surface area contributed by atoms with Gasteiger partial charge in [-0.1, -0.05) is 55.3 Å². The van der Waals surface area contributed by atoms with Crippen LogP contribution in [0.2, 0.25) is 0 Å². The Morgan fingerprint density at radius 1 is 1.18 bits per heavy atom. The van der Waals surface area contributed by atoms with Gasteiger partial charge in [-0.05, 0) is 114 Å². The molecule has 1 aliphatic rings. The molecule has 3 rings (SSSR count). The molecule has 2 atom stereocenters. The number of aryl methyl sites for hydroxylation is 2. The zero-order chi connectivity index (χ0) is 37.5. The van der Waals surface area contributed by atoms with Crippen molar-refractivity contribution in [3.63, 3.8) is 0 Å². The number of nitrogens with two attached hydrogens (primary N) is 1. The average Bonchev–Trinajstić information content (AvgIpc) is 3.22. The van der Waals surface area contributed by atoms with E-state index in [9.17, 15) is 9.59 Å². The summed E-state index contributed by atoms with van der Waals surface area (Å²) in [5.74, 6) is 1.41. The summed E-state index contributed by atoms with van der Waals surface area (Å²) in [6, 6.07) is 14.3. The molecule has 2 aromatic rings. The zero-order valence-electron chi connectivity index (χ0n) is 30.8. The molecule has 1 unspecified atom stereocenters. The SMILES string of the molecule is CC(=O)O.CC[C@@H](C/C=C/CCCSNC(=O)OC(C)(C)C)CCN1CC(CCCc2cccc(C)c2)COc2ccc(C(N)=O)cc21.[B]S. The van der Waals surface area contributed by atoms with Gasteiger partial charge < -0.3 is 25.2 Å². The number of benzene rings is 2. The van der Waals surface area contributed by atoms with Crippen molar-refractivity contribution in [1.82, 2.24) is 4.72 Å². The minimum Gasteiger partial charge on any atom is -0.491 e. The van der Waals surface area contributed by atoms with E-state index in [0.29, 0.717) is 24.0 Å². The summed E-state index contributed by atoms with van der Waals surface area (Å²) in [6.07, 6.45) is 12.6. The Labute approximate surface area is 311 Å². The zero-order valence-corrected chi connectivity index (χ0v) is 32.5. The summed E-state index contributed by atoms with van der Waals surface area (Å²) in [4.78, 5) is 35.2. The quantitative estimate of drug-likeness (QED) is 0.0447. The number of rotatable bonds is 16. The number of allylic oxidation sites excluding steroid dienone is 2. The first-order valence-corrected chi connectivity index (χ1v) is 18.9. The van der Waals surface area contributed by atoms with E-state index < -0.39 is 17.5 Å². The van der Waals surface area contributed by atoms with E-state index in [1.54, 1.807) is 6.07 Å². The van der Waals surface area contributed by atoms with Crippen molar-refractivity contribution < 1.29 is 29.0 Å². The van der Waals surface area contributed by atoms with Gasteiger partial charge in [-0.3, -0.25) is 14.3 Å². The number of carbonyl (C=O) groups excluding carboxylic acids is 2. The van der Waals surface area contributed by atoms with Crippen molar-refractivity contribution in [1.29, 1.82) is 0 Å². The standard InChI is InChI=1S/C36H53N3O4S.C2H4O2.BHS/c1-6-28(14-9-7-8-10-22-44-38-35(41)43-36(3,4)5)20-21-39-25-30(17-12-16-29-15-11-13-27(2)23-29)26-42-33-19-18-31(34(37)40)24-32(33)39;1-2(3)4;1-2/h7,9,11,13,15,18-19,23-24,28,30H,6,8,10,12,14,16-17,20-22,25-26H2,1-5H3,(H2,37,40)(H,38,41);1H3,(H,3,4);2H/b9-7+;;/t28-,30?;;/m0../s1. The van der Waals surface area contributed by atoms with Crippen molar-refractivity contribution >= 4 is 55.2 Å². The van der Waals surface area contributed by atoms with Crippen molar-refractivity contribution in [2.45, 2.75) is 98.5 Å². The summed E-state index contributed by atoms with van der Waals surface area (Å²) < 4.78 is 14.3. The van der Waals surface area contributed by atoms with Gasteiger partial charge in [-0.2, -0.15) is 0 Å². The maximum atomic E-state index is 12.0. The first-order chi connectivity index (χ1) is 23.8. The van der Waals surface area contributed by atoms with Gasteiger partial charge in [0.1, 0.15) is 11.4 Å². The van der Waals surface area contributed by atoms with Crippen LogP contribution in [0, 0.1) is 18.8 Å². The third kappa shape index (κ3) is 19.8. The van der Waals surface area contributed by atoms with E-state index in [4.69, 9.17) is 25.1 Å². The molecule has 1 aliphatic heterocycles. The van der Waals surface area contributed by atoms with Gasteiger partial charge >= 0.3 is 6.09 Å². The van der Waals surface area contributed by atoms with Crippen LogP contribution in [0.15, 0.2) is 54.6 Å². The molecular weight excluding hydrogens is 669 g/mol. The maximum absolute atomic E-state index is 12.0. The van der Waals surface area contributed by atoms with E-state index in [-0.39, 0.29) is 6.09 Å². The van der Waals surface area contributed by atoms with Crippen LogP contribution >= 0.6 is 24.4 Å². The molecule has 0 saturated heterocycles. The molecule has 1 heterocycles. The lowest BCUT2D eigenvalue weighted by atomic mass is 9.96. The van der Waals surface area contributed by atoms with E-state index in [1.807, 2.05) is 32.9 Å². The number of fused-ring (bicyclic) bond motifs is 1. The topological polar surface area (TPSA) is 131 Å². The number of anilines is 1. The van der Waals surface area contributed by atoms with Crippen LogP contribution in [-0.2, 0) is 16.0 Å². The molecule has 4 N–H and O–H groups in total. The lowest BCUT2D eigenvalue weighted by Crippen LogP contribution is -2.32. The first kappa shape index (κ1) is 44.8. The summed E-state index contributed by atoms with van der Waals surface area (Å²) in [5.41, 5.74) is 9.35. The second-order valence-corrected chi connectivity index (χ2v) is 14.3. The smallest absolute Gasteiger partial charge is 0.417 e. The number of thiol groups is 1. The number of carboxylic acids is 1. The van der Waals surface area contributed by atoms with Gasteiger partial charge in [0.2, 0.25) is 5.91 Å². The number of nitrogens with zero attached hydrogens (tertiary/aromatic N) is 1. The molecule has 0 bridgehead atoms. The monoisotopic (exact) mass is 727 g/mol. The number of nitrogens with one attached hydrogen (secondary N) is 1. The van der Waals surface area contributed by atoms with Crippen LogP contribution in [-0.4, -0.2) is 61.3 Å². The molecule has 0 spiro atoms. The Morgan fingerprint density at radius 2 is 1.90 bits per heavy atom. The summed E-state index contributed by atoms with van der Waals surface area (Å²) in [7, 11) is 4.19. The third-order valence-electron chi connectivity index (χ3n) is 7.89. The Hall–Kier alpha value is -3.25. The highest BCUT2D eigenvalue weighted by Gasteiger charge is 2.24. The number of aliphatic carboxylic acids is 1. The molecule has 2 radical (unpaired) electrons. The fraction of sp³-hybridized carbons (Fsp3) is 0.553. The van der Waals surface area contributed by atoms with Gasteiger partial charge in [0.15, 0.2) is 7.12 Å². The van der Waals surface area contributed by atoms with Crippen LogP contribution in [0.25, 0.3) is 0 Å². The van der Waals surface area contributed by atoms with E-state index in [0.717, 1.165) is 88.6 Å². The molecule has 2 aromatic carbocycles. The van der Waals surface area contributed by atoms with Crippen LogP contribution in [0.1, 0.15) is 101 Å². The summed E-state index contributed by atoms with van der Waals surface area (Å²) in [5, 5.41) is 7.42. The predicted octanol–water partition coefficient (Wildman–Crippen LogP) is 8.34. The highest BCUT2D eigenvalue weighted by atomic mass is 32.2. The Balaban J connectivity index is 0.00000194. The lowest BCUT2D eigenvalue weighted by molar-refractivity contribution is -0.134. The molecule has 0 aliphatic carbocycles. The number of ether oxygens (including phenoxy) is 2. The normalized spacial score (nSPS) is 14.5. The minimum atomic E-state index is -0.833. The maximum Gasteiger partial charge on any atom is 0.417 e. The minimum absolute atomic E-state index is 0.387. The Bertz CT molecular complexity index is 1330. The number of unbranched alkanes of at least 4 members (excludes halogenated alkanes) is 1. The van der Waals surface area contributed by atoms with E-state index >= 15 is 0 Å². The van der Waals surface area contributed by atoms with Crippen LogP contribution < -0.4 is 20.1 Å². The van der Waals surface area contributed by atoms with Gasteiger partial charge in [-0.15, -0.1) is 0 Å². The molecule has 2 amide bonds. The van der Waals surface area contributed by atoms with Crippen molar-refractivity contribution in [2.75, 3.05) is 30.3 Å². The van der Waals surface area contributed by atoms with Gasteiger partial charge in [0.05, 0.1) is 12.3 Å². The molecule has 50 heavy (non-hydrogen) atoms. The Morgan fingerprint density at radius 3 is 2.54 bits per heavy atom. The molecule has 12 heteroatoms. The molecule has 276 valence electrons. The van der Waals surface area contributed by atoms with E-state index in [2.05, 4.69) is 79.5 Å². The molecule has 0 fully saturated rings. The van der Waals surface area contributed by atoms with Crippen molar-refractivity contribution in [3.8, 4) is 5.75 Å². The second kappa shape index (κ2) is 24.8. The summed E-state index contributed by atoms with van der Waals surface area (Å²) in [6.45, 7) is 13.6. The van der Waals surface area contributed by atoms with Crippen LogP contribution in [0.4, 0.5) is 10.5 Å².